The minimum Gasteiger partial charge on any atom is -0.481 e. The predicted molar refractivity (Wildman–Crippen MR) is 92.9 cm³/mol. The van der Waals surface area contributed by atoms with E-state index in [4.69, 9.17) is 10.5 Å². The first-order valence-corrected chi connectivity index (χ1v) is 9.14. The number of nitrogen functional groups attached to an aromatic ring is 1. The molecule has 0 spiro atoms. The number of amides is 1. The lowest BCUT2D eigenvalue weighted by Crippen LogP contribution is -2.57. The van der Waals surface area contributed by atoms with Crippen molar-refractivity contribution >= 4 is 35.7 Å². The lowest BCUT2D eigenvalue weighted by molar-refractivity contribution is -0.147. The number of H-pyrrole nitrogens is 1. The molecule has 12 heteroatoms. The summed E-state index contributed by atoms with van der Waals surface area (Å²) in [6.45, 7) is 4.96. The zero-order valence-corrected chi connectivity index (χ0v) is 15.7. The van der Waals surface area contributed by atoms with Gasteiger partial charge >= 0.3 is 18.0 Å². The lowest BCUT2D eigenvalue weighted by Gasteiger charge is -2.31. The van der Waals surface area contributed by atoms with Gasteiger partial charge < -0.3 is 26.0 Å². The van der Waals surface area contributed by atoms with Gasteiger partial charge in [-0.25, -0.2) is 14.7 Å². The molecule has 0 bridgehead atoms. The van der Waals surface area contributed by atoms with Crippen LogP contribution in [0.25, 0.3) is 0 Å². The highest BCUT2D eigenvalue weighted by Crippen LogP contribution is 2.65. The summed E-state index contributed by atoms with van der Waals surface area (Å²) < 4.78 is 5.18. The average molecular weight is 399 g/mol. The van der Waals surface area contributed by atoms with Crippen molar-refractivity contribution in [3.8, 4) is 0 Å². The van der Waals surface area contributed by atoms with Gasteiger partial charge in [0, 0.05) is 11.2 Å². The molecule has 1 aromatic heterocycles. The smallest absolute Gasteiger partial charge is 0.408 e. The van der Waals surface area contributed by atoms with Crippen molar-refractivity contribution in [1.82, 2.24) is 20.5 Å². The SMILES string of the molecule is CC(C)(C)OC(=O)N[C@@]1(C(=O)O)C[C@H](Sc2n[nH]c(N)n2)[C@H]2[C@H](C(=O)O)[C@H]21. The number of hydrogen-bond acceptors (Lipinski definition) is 8. The summed E-state index contributed by atoms with van der Waals surface area (Å²) in [6.07, 6.45) is -0.868. The number of hydrogen-bond donors (Lipinski definition) is 5. The molecule has 11 nitrogen and oxygen atoms in total. The van der Waals surface area contributed by atoms with Crippen molar-refractivity contribution in [2.45, 2.75) is 48.7 Å². The van der Waals surface area contributed by atoms with Crippen molar-refractivity contribution in [2.24, 2.45) is 17.8 Å². The van der Waals surface area contributed by atoms with Gasteiger partial charge in [-0.1, -0.05) is 11.8 Å². The second kappa shape index (κ2) is 6.29. The molecule has 2 aliphatic rings. The summed E-state index contributed by atoms with van der Waals surface area (Å²) in [5.74, 6) is -4.33. The van der Waals surface area contributed by atoms with E-state index in [0.717, 1.165) is 11.8 Å². The first kappa shape index (κ1) is 19.3. The van der Waals surface area contributed by atoms with E-state index in [-0.39, 0.29) is 12.4 Å². The number of fused-ring (bicyclic) bond motifs is 1. The molecule has 3 rings (SSSR count). The molecule has 27 heavy (non-hydrogen) atoms. The van der Waals surface area contributed by atoms with Gasteiger partial charge in [0.05, 0.1) is 5.92 Å². The molecular weight excluding hydrogens is 378 g/mol. The van der Waals surface area contributed by atoms with E-state index >= 15 is 0 Å². The molecule has 2 saturated carbocycles. The number of thioether (sulfide) groups is 1. The van der Waals surface area contributed by atoms with Gasteiger partial charge in [-0.3, -0.25) is 4.79 Å². The maximum absolute atomic E-state index is 12.2. The maximum Gasteiger partial charge on any atom is 0.408 e. The second-order valence-electron chi connectivity index (χ2n) is 7.73. The van der Waals surface area contributed by atoms with E-state index in [0.29, 0.717) is 5.16 Å². The minimum atomic E-state index is -1.73. The zero-order valence-electron chi connectivity index (χ0n) is 14.9. The maximum atomic E-state index is 12.2. The number of carboxylic acid groups (broad SMARTS) is 2. The van der Waals surface area contributed by atoms with Gasteiger partial charge in [0.1, 0.15) is 11.1 Å². The topological polar surface area (TPSA) is 181 Å². The fourth-order valence-electron chi connectivity index (χ4n) is 3.81. The van der Waals surface area contributed by atoms with Crippen LogP contribution < -0.4 is 11.1 Å². The molecule has 2 aliphatic carbocycles. The Bertz CT molecular complexity index is 792. The Morgan fingerprint density at radius 3 is 2.52 bits per heavy atom. The van der Waals surface area contributed by atoms with Gasteiger partial charge in [-0.05, 0) is 33.1 Å². The highest BCUT2D eigenvalue weighted by molar-refractivity contribution is 7.99. The van der Waals surface area contributed by atoms with Crippen molar-refractivity contribution in [2.75, 3.05) is 5.73 Å². The number of nitrogens with two attached hydrogens (primary N) is 1. The predicted octanol–water partition coefficient (Wildman–Crippen LogP) is 0.546. The highest BCUT2D eigenvalue weighted by Gasteiger charge is 2.76. The monoisotopic (exact) mass is 399 g/mol. The third-order valence-corrected chi connectivity index (χ3v) is 5.90. The van der Waals surface area contributed by atoms with Crippen LogP contribution in [0.4, 0.5) is 10.7 Å². The van der Waals surface area contributed by atoms with Crippen molar-refractivity contribution in [3.05, 3.63) is 0 Å². The Morgan fingerprint density at radius 2 is 2.04 bits per heavy atom. The Balaban J connectivity index is 1.86. The fourth-order valence-corrected chi connectivity index (χ4v) is 5.17. The molecule has 1 aromatic rings. The summed E-state index contributed by atoms with van der Waals surface area (Å²) in [5.41, 5.74) is 2.95. The Hall–Kier alpha value is -2.50. The molecule has 0 aliphatic heterocycles. The molecule has 0 unspecified atom stereocenters. The van der Waals surface area contributed by atoms with Crippen LogP contribution in [-0.2, 0) is 14.3 Å². The van der Waals surface area contributed by atoms with Gasteiger partial charge in [0.25, 0.3) is 0 Å². The number of carboxylic acids is 2. The summed E-state index contributed by atoms with van der Waals surface area (Å²) in [7, 11) is 0. The van der Waals surface area contributed by atoms with Crippen LogP contribution in [0.1, 0.15) is 27.2 Å². The van der Waals surface area contributed by atoms with E-state index in [1.165, 1.54) is 0 Å². The Morgan fingerprint density at radius 1 is 1.37 bits per heavy atom. The first-order chi connectivity index (χ1) is 12.4. The largest absolute Gasteiger partial charge is 0.481 e. The third-order valence-electron chi connectivity index (χ3n) is 4.73. The van der Waals surface area contributed by atoms with Crippen LogP contribution in [0.3, 0.4) is 0 Å². The molecule has 2 fully saturated rings. The second-order valence-corrected chi connectivity index (χ2v) is 8.94. The van der Waals surface area contributed by atoms with Gasteiger partial charge in [0.15, 0.2) is 0 Å². The molecule has 6 N–H and O–H groups in total. The number of ether oxygens (including phenoxy) is 1. The molecule has 0 radical (unpaired) electrons. The van der Waals surface area contributed by atoms with E-state index in [9.17, 15) is 24.6 Å². The number of aliphatic carboxylic acids is 2. The van der Waals surface area contributed by atoms with Gasteiger partial charge in [-0.2, -0.15) is 4.98 Å². The standard InChI is InChI=1S/C15H21N5O6S/c1-14(2,3)26-13(25)18-15(10(23)24)4-5(6-7(8(6)15)9(21)22)27-12-17-11(16)19-20-12/h5-8H,4H2,1-3H3,(H,18,25)(H,21,22)(H,23,24)(H3,16,17,19,20)/t5-,6-,7-,8-,15-/m0/s1. The van der Waals surface area contributed by atoms with Crippen LogP contribution in [0.2, 0.25) is 0 Å². The number of aromatic nitrogens is 3. The van der Waals surface area contributed by atoms with E-state index in [1.807, 2.05) is 0 Å². The summed E-state index contributed by atoms with van der Waals surface area (Å²) in [5, 5.41) is 28.0. The van der Waals surface area contributed by atoms with Crippen LogP contribution >= 0.6 is 11.8 Å². The normalized spacial score (nSPS) is 31.8. The van der Waals surface area contributed by atoms with Gasteiger partial charge in [0.2, 0.25) is 11.1 Å². The summed E-state index contributed by atoms with van der Waals surface area (Å²) >= 11 is 1.15. The number of alkyl carbamates (subject to hydrolysis) is 1. The Labute approximate surface area is 158 Å². The number of nitrogens with zero attached hydrogens (tertiary/aromatic N) is 2. The molecule has 1 amide bonds. The van der Waals surface area contributed by atoms with E-state index in [1.54, 1.807) is 20.8 Å². The number of carbonyl (C=O) groups is 3. The summed E-state index contributed by atoms with van der Waals surface area (Å²) in [6, 6.07) is 0. The summed E-state index contributed by atoms with van der Waals surface area (Å²) in [4.78, 5) is 39.9. The van der Waals surface area contributed by atoms with E-state index < -0.39 is 52.2 Å². The Kier molecular flexibility index (Phi) is 4.49. The third kappa shape index (κ3) is 3.53. The minimum absolute atomic E-state index is 0.0276. The van der Waals surface area contributed by atoms with Crippen molar-refractivity contribution < 1.29 is 29.3 Å². The lowest BCUT2D eigenvalue weighted by atomic mass is 9.90. The van der Waals surface area contributed by atoms with Crippen LogP contribution in [-0.4, -0.2) is 59.8 Å². The fraction of sp³-hybridized carbons (Fsp3) is 0.667. The highest BCUT2D eigenvalue weighted by atomic mass is 32.2. The van der Waals surface area contributed by atoms with Crippen LogP contribution in [0.15, 0.2) is 5.16 Å². The molecule has 1 heterocycles. The van der Waals surface area contributed by atoms with Crippen LogP contribution in [0, 0.1) is 17.8 Å². The zero-order chi connectivity index (χ0) is 20.1. The van der Waals surface area contributed by atoms with Crippen molar-refractivity contribution in [3.63, 3.8) is 0 Å². The number of carbonyl (C=O) groups excluding carboxylic acids is 1. The van der Waals surface area contributed by atoms with Crippen LogP contribution in [0.5, 0.6) is 0 Å². The quantitative estimate of drug-likeness (QED) is 0.469. The average Bonchev–Trinajstić information content (AvgIpc) is 3.02. The molecule has 0 aromatic carbocycles. The molecule has 148 valence electrons. The number of rotatable bonds is 5. The number of anilines is 1. The first-order valence-electron chi connectivity index (χ1n) is 8.26. The molecule has 5 atom stereocenters. The van der Waals surface area contributed by atoms with E-state index in [2.05, 4.69) is 20.5 Å². The van der Waals surface area contributed by atoms with Gasteiger partial charge in [-0.15, -0.1) is 5.10 Å². The number of aromatic amines is 1. The number of nitrogens with one attached hydrogen (secondary N) is 2. The molecule has 0 saturated heterocycles. The van der Waals surface area contributed by atoms with Crippen molar-refractivity contribution in [1.29, 1.82) is 0 Å². The molecular formula is C15H21N5O6S.